The van der Waals surface area contributed by atoms with Gasteiger partial charge in [-0.1, -0.05) is 23.2 Å². The summed E-state index contributed by atoms with van der Waals surface area (Å²) >= 11 is 1.16. The maximum absolute atomic E-state index is 11.6. The summed E-state index contributed by atoms with van der Waals surface area (Å²) in [6.07, 6.45) is 3.67. The summed E-state index contributed by atoms with van der Waals surface area (Å²) in [5.74, 6) is 5.54. The number of thiazole rings is 1. The van der Waals surface area contributed by atoms with Gasteiger partial charge < -0.3 is 5.11 Å². The standard InChI is InChI=1S/C10H13N3O3S2/c14-6-2-1-3-9-7-11-10(17-9)13-18(15,16)12-8-4-5-8/h7-8,12,14H,2,4-6H2,(H,11,13). The molecule has 3 N–H and O–H groups in total. The molecule has 0 aromatic carbocycles. The van der Waals surface area contributed by atoms with Crippen molar-refractivity contribution < 1.29 is 13.5 Å². The van der Waals surface area contributed by atoms with Gasteiger partial charge in [0.05, 0.1) is 17.7 Å². The molecule has 0 atom stereocenters. The van der Waals surface area contributed by atoms with Gasteiger partial charge in [0.15, 0.2) is 5.13 Å². The summed E-state index contributed by atoms with van der Waals surface area (Å²) in [7, 11) is -3.52. The van der Waals surface area contributed by atoms with Crippen molar-refractivity contribution in [2.75, 3.05) is 11.3 Å². The van der Waals surface area contributed by atoms with Crippen LogP contribution in [0.5, 0.6) is 0 Å². The maximum atomic E-state index is 11.6. The van der Waals surface area contributed by atoms with E-state index in [-0.39, 0.29) is 17.8 Å². The third-order valence-corrected chi connectivity index (χ3v) is 4.14. The zero-order chi connectivity index (χ0) is 13.0. The quantitative estimate of drug-likeness (QED) is 0.679. The largest absolute Gasteiger partial charge is 0.395 e. The molecule has 0 unspecified atom stereocenters. The average Bonchev–Trinajstić information content (AvgIpc) is 2.97. The third-order valence-electron chi connectivity index (χ3n) is 2.07. The molecule has 1 aliphatic rings. The molecule has 0 amide bonds. The molecular weight excluding hydrogens is 274 g/mol. The highest BCUT2D eigenvalue weighted by atomic mass is 32.2. The summed E-state index contributed by atoms with van der Waals surface area (Å²) in [6.45, 7) is 0.0105. The Hall–Kier alpha value is -1.14. The Morgan fingerprint density at radius 1 is 1.56 bits per heavy atom. The zero-order valence-corrected chi connectivity index (χ0v) is 11.1. The van der Waals surface area contributed by atoms with Gasteiger partial charge in [0.2, 0.25) is 0 Å². The summed E-state index contributed by atoms with van der Waals surface area (Å²) in [6, 6.07) is 0.0614. The van der Waals surface area contributed by atoms with E-state index >= 15 is 0 Å². The van der Waals surface area contributed by atoms with Crippen LogP contribution in [0.25, 0.3) is 0 Å². The molecular formula is C10H13N3O3S2. The van der Waals surface area contributed by atoms with Crippen LogP contribution in [-0.4, -0.2) is 31.2 Å². The summed E-state index contributed by atoms with van der Waals surface area (Å²) in [5.41, 5.74) is 0. The molecule has 0 radical (unpaired) electrons. The number of aromatic nitrogens is 1. The molecule has 1 saturated carbocycles. The second-order valence-electron chi connectivity index (χ2n) is 3.80. The molecule has 6 nitrogen and oxygen atoms in total. The summed E-state index contributed by atoms with van der Waals surface area (Å²) < 4.78 is 28.0. The second kappa shape index (κ2) is 5.67. The van der Waals surface area contributed by atoms with E-state index in [1.54, 1.807) is 0 Å². The molecule has 1 heterocycles. The lowest BCUT2D eigenvalue weighted by molar-refractivity contribution is 0.305. The molecule has 1 aromatic rings. The van der Waals surface area contributed by atoms with Crippen LogP contribution >= 0.6 is 11.3 Å². The van der Waals surface area contributed by atoms with Crippen LogP contribution in [-0.2, 0) is 10.2 Å². The fraction of sp³-hybridized carbons (Fsp3) is 0.500. The zero-order valence-electron chi connectivity index (χ0n) is 9.51. The lowest BCUT2D eigenvalue weighted by atomic mass is 10.4. The van der Waals surface area contributed by atoms with Crippen molar-refractivity contribution in [3.8, 4) is 11.8 Å². The van der Waals surface area contributed by atoms with E-state index in [1.165, 1.54) is 6.20 Å². The highest BCUT2D eigenvalue weighted by molar-refractivity contribution is 7.91. The highest BCUT2D eigenvalue weighted by Crippen LogP contribution is 2.22. The van der Waals surface area contributed by atoms with Gasteiger partial charge in [0.1, 0.15) is 0 Å². The summed E-state index contributed by atoms with van der Waals surface area (Å²) in [4.78, 5) is 4.59. The van der Waals surface area contributed by atoms with Crippen LogP contribution in [0.1, 0.15) is 24.1 Å². The van der Waals surface area contributed by atoms with Crippen LogP contribution in [0.15, 0.2) is 6.20 Å². The lowest BCUT2D eigenvalue weighted by Gasteiger charge is -2.04. The van der Waals surface area contributed by atoms with Crippen LogP contribution < -0.4 is 9.44 Å². The normalized spacial score (nSPS) is 14.9. The Bertz CT molecular complexity index is 567. The fourth-order valence-electron chi connectivity index (χ4n) is 1.15. The monoisotopic (exact) mass is 287 g/mol. The van der Waals surface area contributed by atoms with Gasteiger partial charge in [0.25, 0.3) is 0 Å². The van der Waals surface area contributed by atoms with E-state index in [9.17, 15) is 8.42 Å². The Labute approximate surface area is 110 Å². The van der Waals surface area contributed by atoms with Crippen molar-refractivity contribution >= 4 is 26.7 Å². The second-order valence-corrected chi connectivity index (χ2v) is 6.28. The molecule has 0 bridgehead atoms. The number of aliphatic hydroxyl groups excluding tert-OH is 1. The number of nitrogens with one attached hydrogen (secondary N) is 2. The SMILES string of the molecule is O=S(=O)(Nc1ncc(C#CCCO)s1)NC1CC1. The van der Waals surface area contributed by atoms with E-state index in [4.69, 9.17) is 5.11 Å². The van der Waals surface area contributed by atoms with Gasteiger partial charge in [-0.3, -0.25) is 0 Å². The molecule has 0 aliphatic heterocycles. The predicted octanol–water partition coefficient (Wildman–Crippen LogP) is 0.286. The Kier molecular flexibility index (Phi) is 4.19. The van der Waals surface area contributed by atoms with Gasteiger partial charge in [-0.2, -0.15) is 13.1 Å². The molecule has 1 aromatic heterocycles. The Morgan fingerprint density at radius 2 is 2.33 bits per heavy atom. The first-order chi connectivity index (χ1) is 8.59. The van der Waals surface area contributed by atoms with E-state index in [1.807, 2.05) is 0 Å². The Balaban J connectivity index is 1.95. The van der Waals surface area contributed by atoms with Crippen LogP contribution in [0.2, 0.25) is 0 Å². The molecule has 1 fully saturated rings. The summed E-state index contributed by atoms with van der Waals surface area (Å²) in [5, 5.41) is 8.87. The molecule has 0 saturated heterocycles. The van der Waals surface area contributed by atoms with Crippen LogP contribution in [0.4, 0.5) is 5.13 Å². The molecule has 8 heteroatoms. The molecule has 18 heavy (non-hydrogen) atoms. The van der Waals surface area contributed by atoms with E-state index in [0.717, 1.165) is 24.2 Å². The van der Waals surface area contributed by atoms with Crippen molar-refractivity contribution in [1.29, 1.82) is 0 Å². The fourth-order valence-corrected chi connectivity index (χ4v) is 3.20. The first-order valence-electron chi connectivity index (χ1n) is 5.45. The number of nitrogens with zero attached hydrogens (tertiary/aromatic N) is 1. The molecule has 1 aliphatic carbocycles. The number of hydrogen-bond acceptors (Lipinski definition) is 5. The maximum Gasteiger partial charge on any atom is 0.301 e. The predicted molar refractivity (Wildman–Crippen MR) is 69.4 cm³/mol. The van der Waals surface area contributed by atoms with Gasteiger partial charge >= 0.3 is 10.2 Å². The number of rotatable bonds is 5. The van der Waals surface area contributed by atoms with Crippen molar-refractivity contribution in [3.05, 3.63) is 11.1 Å². The third kappa shape index (κ3) is 4.27. The highest BCUT2D eigenvalue weighted by Gasteiger charge is 2.27. The van der Waals surface area contributed by atoms with Crippen LogP contribution in [0.3, 0.4) is 0 Å². The number of hydrogen-bond donors (Lipinski definition) is 3. The van der Waals surface area contributed by atoms with Gasteiger partial charge in [-0.25, -0.2) is 9.71 Å². The van der Waals surface area contributed by atoms with Crippen LogP contribution in [0, 0.1) is 11.8 Å². The van der Waals surface area contributed by atoms with E-state index < -0.39 is 10.2 Å². The first kappa shape index (κ1) is 13.3. The minimum Gasteiger partial charge on any atom is -0.395 e. The average molecular weight is 287 g/mol. The van der Waals surface area contributed by atoms with E-state index in [0.29, 0.717) is 11.3 Å². The smallest absolute Gasteiger partial charge is 0.301 e. The van der Waals surface area contributed by atoms with Crippen molar-refractivity contribution in [1.82, 2.24) is 9.71 Å². The topological polar surface area (TPSA) is 91.3 Å². The van der Waals surface area contributed by atoms with Crippen molar-refractivity contribution in [2.24, 2.45) is 0 Å². The van der Waals surface area contributed by atoms with Gasteiger partial charge in [-0.05, 0) is 12.8 Å². The number of anilines is 1. The van der Waals surface area contributed by atoms with Gasteiger partial charge in [-0.15, -0.1) is 0 Å². The van der Waals surface area contributed by atoms with Crippen molar-refractivity contribution in [2.45, 2.75) is 25.3 Å². The minimum absolute atomic E-state index is 0.0105. The molecule has 2 rings (SSSR count). The lowest BCUT2D eigenvalue weighted by Crippen LogP contribution is -2.31. The molecule has 0 spiro atoms. The Morgan fingerprint density at radius 3 is 3.00 bits per heavy atom. The van der Waals surface area contributed by atoms with E-state index in [2.05, 4.69) is 26.3 Å². The van der Waals surface area contributed by atoms with Crippen molar-refractivity contribution in [3.63, 3.8) is 0 Å². The number of aliphatic hydroxyl groups is 1. The minimum atomic E-state index is -3.52. The van der Waals surface area contributed by atoms with Gasteiger partial charge in [0, 0.05) is 12.5 Å². The first-order valence-corrected chi connectivity index (χ1v) is 7.74. The molecule has 98 valence electrons.